The predicted molar refractivity (Wildman–Crippen MR) is 98.8 cm³/mol. The Morgan fingerprint density at radius 2 is 2.26 bits per heavy atom. The lowest BCUT2D eigenvalue weighted by Gasteiger charge is -2.13. The van der Waals surface area contributed by atoms with Gasteiger partial charge < -0.3 is 14.5 Å². The van der Waals surface area contributed by atoms with Crippen LogP contribution in [-0.2, 0) is 42.6 Å². The highest BCUT2D eigenvalue weighted by Gasteiger charge is 2.19. The number of halogens is 1. The summed E-state index contributed by atoms with van der Waals surface area (Å²) < 4.78 is 13.8. The monoisotopic (exact) mass is 390 g/mol. The lowest BCUT2D eigenvalue weighted by Crippen LogP contribution is -2.32. The Kier molecular flexibility index (Phi) is 4.75. The molecule has 3 aromatic rings. The minimum Gasteiger partial charge on any atom is -0.408 e. The van der Waals surface area contributed by atoms with Crippen LogP contribution in [0.3, 0.4) is 0 Å². The second kappa shape index (κ2) is 7.21. The van der Waals surface area contributed by atoms with Crippen molar-refractivity contribution in [3.8, 4) is 0 Å². The standard InChI is InChI=1S/C18H19ClN4O4/c1-22-14-5-7-26-10-12(14)13(21-22)4-6-20-17(24)9-23-15-3-2-11(19)8-16(15)27-18(23)25/h2-3,8H,4-7,9-10H2,1H3,(H,20,24). The third-order valence-corrected chi connectivity index (χ3v) is 4.94. The third kappa shape index (κ3) is 3.50. The van der Waals surface area contributed by atoms with Crippen molar-refractivity contribution in [2.45, 2.75) is 26.0 Å². The summed E-state index contributed by atoms with van der Waals surface area (Å²) in [6, 6.07) is 4.87. The summed E-state index contributed by atoms with van der Waals surface area (Å²) in [5, 5.41) is 7.83. The molecule has 0 saturated carbocycles. The molecule has 0 bridgehead atoms. The maximum atomic E-state index is 12.3. The molecule has 9 heteroatoms. The smallest absolute Gasteiger partial charge is 0.408 e. The lowest BCUT2D eigenvalue weighted by molar-refractivity contribution is -0.121. The van der Waals surface area contributed by atoms with Crippen molar-refractivity contribution in [2.75, 3.05) is 13.2 Å². The Morgan fingerprint density at radius 1 is 1.41 bits per heavy atom. The second-order valence-corrected chi connectivity index (χ2v) is 6.90. The molecule has 1 aromatic carbocycles. The van der Waals surface area contributed by atoms with Crippen molar-refractivity contribution in [2.24, 2.45) is 7.05 Å². The van der Waals surface area contributed by atoms with Gasteiger partial charge >= 0.3 is 5.76 Å². The Hall–Kier alpha value is -2.58. The number of aryl methyl sites for hydroxylation is 1. The quantitative estimate of drug-likeness (QED) is 0.711. The maximum absolute atomic E-state index is 12.3. The molecule has 1 aliphatic heterocycles. The van der Waals surface area contributed by atoms with Gasteiger partial charge in [0.15, 0.2) is 5.58 Å². The van der Waals surface area contributed by atoms with E-state index in [1.54, 1.807) is 18.2 Å². The highest BCUT2D eigenvalue weighted by atomic mass is 35.5. The van der Waals surface area contributed by atoms with Crippen molar-refractivity contribution in [1.82, 2.24) is 19.7 Å². The van der Waals surface area contributed by atoms with E-state index in [0.717, 1.165) is 17.7 Å². The van der Waals surface area contributed by atoms with Crippen LogP contribution in [0, 0.1) is 0 Å². The molecule has 1 aliphatic rings. The summed E-state index contributed by atoms with van der Waals surface area (Å²) in [4.78, 5) is 24.3. The van der Waals surface area contributed by atoms with Gasteiger partial charge in [0.1, 0.15) is 6.54 Å². The molecule has 0 aliphatic carbocycles. The van der Waals surface area contributed by atoms with Crippen LogP contribution in [0.2, 0.25) is 5.02 Å². The SMILES string of the molecule is Cn1nc(CCNC(=O)Cn2c(=O)oc3cc(Cl)ccc32)c2c1CCOC2. The van der Waals surface area contributed by atoms with E-state index in [-0.39, 0.29) is 12.5 Å². The number of rotatable bonds is 5. The van der Waals surface area contributed by atoms with Gasteiger partial charge in [-0.15, -0.1) is 0 Å². The van der Waals surface area contributed by atoms with Crippen LogP contribution >= 0.6 is 11.6 Å². The molecular formula is C18H19ClN4O4. The van der Waals surface area contributed by atoms with Crippen LogP contribution in [0.15, 0.2) is 27.4 Å². The number of carbonyl (C=O) groups is 1. The lowest BCUT2D eigenvalue weighted by atomic mass is 10.1. The van der Waals surface area contributed by atoms with Crippen LogP contribution in [0.25, 0.3) is 11.1 Å². The van der Waals surface area contributed by atoms with Gasteiger partial charge in [-0.1, -0.05) is 11.6 Å². The Bertz CT molecular complexity index is 1070. The van der Waals surface area contributed by atoms with E-state index in [0.29, 0.717) is 42.3 Å². The number of aromatic nitrogens is 3. The summed E-state index contributed by atoms with van der Waals surface area (Å²) in [5.41, 5.74) is 4.15. The third-order valence-electron chi connectivity index (χ3n) is 4.70. The van der Waals surface area contributed by atoms with Crippen LogP contribution in [0.1, 0.15) is 17.0 Å². The number of benzene rings is 1. The molecule has 8 nitrogen and oxygen atoms in total. The fourth-order valence-corrected chi connectivity index (χ4v) is 3.56. The molecule has 27 heavy (non-hydrogen) atoms. The van der Waals surface area contributed by atoms with Crippen LogP contribution in [0.5, 0.6) is 0 Å². The van der Waals surface area contributed by atoms with Crippen molar-refractivity contribution in [1.29, 1.82) is 0 Å². The molecule has 0 fully saturated rings. The Morgan fingerprint density at radius 3 is 3.11 bits per heavy atom. The van der Waals surface area contributed by atoms with Gasteiger partial charge in [0, 0.05) is 48.8 Å². The number of carbonyl (C=O) groups excluding carboxylic acids is 1. The van der Waals surface area contributed by atoms with Crippen LogP contribution in [-0.4, -0.2) is 33.4 Å². The number of hydrogen-bond donors (Lipinski definition) is 1. The highest BCUT2D eigenvalue weighted by molar-refractivity contribution is 6.31. The number of ether oxygens (including phenoxy) is 1. The van der Waals surface area contributed by atoms with Crippen molar-refractivity contribution in [3.63, 3.8) is 0 Å². The number of fused-ring (bicyclic) bond motifs is 2. The molecular weight excluding hydrogens is 372 g/mol. The zero-order valence-corrected chi connectivity index (χ0v) is 15.6. The second-order valence-electron chi connectivity index (χ2n) is 6.46. The van der Waals surface area contributed by atoms with Gasteiger partial charge in [-0.3, -0.25) is 14.0 Å². The van der Waals surface area contributed by atoms with E-state index in [4.69, 9.17) is 20.8 Å². The van der Waals surface area contributed by atoms with Gasteiger partial charge in [0.05, 0.1) is 24.4 Å². The Balaban J connectivity index is 1.40. The first-order valence-corrected chi connectivity index (χ1v) is 9.07. The number of oxazole rings is 1. The van der Waals surface area contributed by atoms with Gasteiger partial charge in [-0.25, -0.2) is 4.79 Å². The van der Waals surface area contributed by atoms with E-state index < -0.39 is 5.76 Å². The molecule has 1 amide bonds. The molecule has 1 N–H and O–H groups in total. The number of hydrogen-bond acceptors (Lipinski definition) is 5. The average molecular weight is 391 g/mol. The average Bonchev–Trinajstić information content (AvgIpc) is 3.12. The predicted octanol–water partition coefficient (Wildman–Crippen LogP) is 1.41. The first-order chi connectivity index (χ1) is 13.0. The summed E-state index contributed by atoms with van der Waals surface area (Å²) in [6.45, 7) is 1.59. The number of nitrogens with one attached hydrogen (secondary N) is 1. The van der Waals surface area contributed by atoms with E-state index in [2.05, 4.69) is 10.4 Å². The highest BCUT2D eigenvalue weighted by Crippen LogP contribution is 2.20. The molecule has 0 atom stereocenters. The topological polar surface area (TPSA) is 91.3 Å². The first kappa shape index (κ1) is 17.8. The zero-order chi connectivity index (χ0) is 19.0. The largest absolute Gasteiger partial charge is 0.420 e. The number of nitrogens with zero attached hydrogens (tertiary/aromatic N) is 3. The van der Waals surface area contributed by atoms with Crippen LogP contribution in [0.4, 0.5) is 0 Å². The molecule has 142 valence electrons. The van der Waals surface area contributed by atoms with Crippen molar-refractivity contribution < 1.29 is 13.9 Å². The van der Waals surface area contributed by atoms with E-state index in [1.165, 1.54) is 10.3 Å². The summed E-state index contributed by atoms with van der Waals surface area (Å²) in [7, 11) is 1.93. The minimum absolute atomic E-state index is 0.114. The van der Waals surface area contributed by atoms with Gasteiger partial charge in [-0.05, 0) is 12.1 Å². The van der Waals surface area contributed by atoms with Gasteiger partial charge in [0.2, 0.25) is 5.91 Å². The van der Waals surface area contributed by atoms with Crippen LogP contribution < -0.4 is 11.1 Å². The minimum atomic E-state index is -0.585. The van der Waals surface area contributed by atoms with E-state index in [9.17, 15) is 9.59 Å². The molecule has 0 unspecified atom stereocenters. The molecule has 2 aromatic heterocycles. The zero-order valence-electron chi connectivity index (χ0n) is 14.8. The Labute approximate surface area is 159 Å². The van der Waals surface area contributed by atoms with Gasteiger partial charge in [0.25, 0.3) is 0 Å². The maximum Gasteiger partial charge on any atom is 0.420 e. The van der Waals surface area contributed by atoms with E-state index >= 15 is 0 Å². The fraction of sp³-hybridized carbons (Fsp3) is 0.389. The summed E-state index contributed by atoms with van der Waals surface area (Å²) >= 11 is 5.90. The summed E-state index contributed by atoms with van der Waals surface area (Å²) in [5.74, 6) is -0.853. The summed E-state index contributed by atoms with van der Waals surface area (Å²) in [6.07, 6.45) is 1.46. The number of amides is 1. The first-order valence-electron chi connectivity index (χ1n) is 8.70. The molecule has 4 rings (SSSR count). The molecule has 3 heterocycles. The van der Waals surface area contributed by atoms with Crippen molar-refractivity contribution in [3.05, 3.63) is 50.7 Å². The van der Waals surface area contributed by atoms with Gasteiger partial charge in [-0.2, -0.15) is 5.10 Å². The molecule has 0 radical (unpaired) electrons. The normalized spacial score (nSPS) is 13.7. The van der Waals surface area contributed by atoms with Crippen molar-refractivity contribution >= 4 is 28.6 Å². The molecule has 0 saturated heterocycles. The fourth-order valence-electron chi connectivity index (χ4n) is 3.40. The molecule has 0 spiro atoms. The van der Waals surface area contributed by atoms with E-state index in [1.807, 2.05) is 11.7 Å².